The Bertz CT molecular complexity index is 103. The molecule has 1 heteroatoms. The smallest absolute Gasteiger partial charge is 0.00978 e. The fraction of sp³-hybridized carbons (Fsp3) is 1.00. The van der Waals surface area contributed by atoms with Crippen molar-refractivity contribution in [2.24, 2.45) is 0 Å². The Kier molecular flexibility index (Phi) is 3.38. The second-order valence-corrected chi connectivity index (χ2v) is 3.86. The van der Waals surface area contributed by atoms with Gasteiger partial charge < -0.3 is 0 Å². The van der Waals surface area contributed by atoms with Gasteiger partial charge in [-0.2, -0.15) is 0 Å². The molecule has 1 rings (SSSR count). The van der Waals surface area contributed by atoms with E-state index in [-0.39, 0.29) is 0 Å². The minimum Gasteiger partial charge on any atom is -0.298 e. The predicted molar refractivity (Wildman–Crippen MR) is 49.8 cm³/mol. The minimum atomic E-state index is 0.739. The summed E-state index contributed by atoms with van der Waals surface area (Å²) in [5.41, 5.74) is 0. The van der Waals surface area contributed by atoms with E-state index in [4.69, 9.17) is 0 Å². The molecule has 0 unspecified atom stereocenters. The van der Waals surface area contributed by atoms with Crippen LogP contribution in [0.2, 0.25) is 0 Å². The maximum absolute atomic E-state index is 2.63. The lowest BCUT2D eigenvalue weighted by Gasteiger charge is -2.31. The summed E-state index contributed by atoms with van der Waals surface area (Å²) in [7, 11) is 0. The van der Waals surface area contributed by atoms with Crippen molar-refractivity contribution >= 4 is 0 Å². The van der Waals surface area contributed by atoms with Gasteiger partial charge in [-0.05, 0) is 33.2 Å². The molecule has 0 aromatic carbocycles. The Morgan fingerprint density at radius 2 is 1.82 bits per heavy atom. The molecule has 0 aromatic heterocycles. The van der Waals surface area contributed by atoms with Gasteiger partial charge >= 0.3 is 0 Å². The molecule has 0 spiro atoms. The van der Waals surface area contributed by atoms with E-state index in [1.165, 1.54) is 32.2 Å². The highest BCUT2D eigenvalue weighted by Gasteiger charge is 2.22. The fourth-order valence-electron chi connectivity index (χ4n) is 2.28. The van der Waals surface area contributed by atoms with Crippen LogP contribution in [0.25, 0.3) is 0 Å². The highest BCUT2D eigenvalue weighted by atomic mass is 15.2. The van der Waals surface area contributed by atoms with Crippen LogP contribution >= 0.6 is 0 Å². The molecule has 0 aromatic rings. The molecule has 0 N–H and O–H groups in total. The van der Waals surface area contributed by atoms with E-state index in [1.807, 2.05) is 0 Å². The first-order valence-electron chi connectivity index (χ1n) is 5.01. The minimum absolute atomic E-state index is 0.739. The van der Waals surface area contributed by atoms with Crippen molar-refractivity contribution in [2.45, 2.75) is 58.5 Å². The molecule has 1 aliphatic carbocycles. The first-order chi connectivity index (χ1) is 5.25. The van der Waals surface area contributed by atoms with Gasteiger partial charge in [-0.25, -0.2) is 0 Å². The quantitative estimate of drug-likeness (QED) is 0.605. The molecule has 0 amide bonds. The van der Waals surface area contributed by atoms with Crippen molar-refractivity contribution < 1.29 is 0 Å². The molecule has 11 heavy (non-hydrogen) atoms. The average molecular weight is 155 g/mol. The summed E-state index contributed by atoms with van der Waals surface area (Å²) >= 11 is 0. The maximum Gasteiger partial charge on any atom is 0.00978 e. The van der Waals surface area contributed by atoms with E-state index in [0.717, 1.165) is 12.1 Å². The normalized spacial score (nSPS) is 20.5. The van der Waals surface area contributed by atoms with E-state index >= 15 is 0 Å². The van der Waals surface area contributed by atoms with Gasteiger partial charge in [-0.1, -0.05) is 19.8 Å². The van der Waals surface area contributed by atoms with Crippen LogP contribution in [0.4, 0.5) is 0 Å². The van der Waals surface area contributed by atoms with Gasteiger partial charge in [-0.3, -0.25) is 4.90 Å². The molecule has 1 nitrogen and oxygen atoms in total. The Balaban J connectivity index is 2.40. The molecule has 0 bridgehead atoms. The monoisotopic (exact) mass is 155 g/mol. The molecule has 0 saturated heterocycles. The van der Waals surface area contributed by atoms with E-state index in [1.54, 1.807) is 0 Å². The van der Waals surface area contributed by atoms with E-state index in [0.29, 0.717) is 0 Å². The number of nitrogens with zero attached hydrogens (tertiary/aromatic N) is 1. The molecule has 1 fully saturated rings. The summed E-state index contributed by atoms with van der Waals surface area (Å²) in [6, 6.07) is 1.64. The molecule has 0 aliphatic heterocycles. The van der Waals surface area contributed by atoms with Crippen LogP contribution in [0.5, 0.6) is 0 Å². The molecule has 0 atom stereocenters. The first kappa shape index (κ1) is 9.05. The van der Waals surface area contributed by atoms with Gasteiger partial charge in [0.15, 0.2) is 0 Å². The Morgan fingerprint density at radius 1 is 1.27 bits per heavy atom. The van der Waals surface area contributed by atoms with Crippen LogP contribution in [0.15, 0.2) is 0 Å². The van der Waals surface area contributed by atoms with Crippen molar-refractivity contribution in [3.8, 4) is 0 Å². The van der Waals surface area contributed by atoms with E-state index < -0.39 is 0 Å². The van der Waals surface area contributed by atoms with Gasteiger partial charge in [-0.15, -0.1) is 0 Å². The van der Waals surface area contributed by atoms with Gasteiger partial charge in [0.2, 0.25) is 0 Å². The van der Waals surface area contributed by atoms with Crippen LogP contribution in [-0.2, 0) is 0 Å². The lowest BCUT2D eigenvalue weighted by atomic mass is 10.1. The zero-order valence-electron chi connectivity index (χ0n) is 8.14. The van der Waals surface area contributed by atoms with Crippen molar-refractivity contribution in [1.29, 1.82) is 0 Å². The van der Waals surface area contributed by atoms with Crippen molar-refractivity contribution in [1.82, 2.24) is 4.90 Å². The zero-order valence-corrected chi connectivity index (χ0v) is 8.14. The van der Waals surface area contributed by atoms with Crippen LogP contribution in [-0.4, -0.2) is 23.5 Å². The Morgan fingerprint density at radius 3 is 2.18 bits per heavy atom. The summed E-state index contributed by atoms with van der Waals surface area (Å²) in [4.78, 5) is 2.63. The number of rotatable bonds is 3. The summed E-state index contributed by atoms with van der Waals surface area (Å²) in [6.07, 6.45) is 5.78. The van der Waals surface area contributed by atoms with Crippen molar-refractivity contribution in [3.05, 3.63) is 0 Å². The third-order valence-corrected chi connectivity index (χ3v) is 2.82. The topological polar surface area (TPSA) is 3.24 Å². The molecule has 1 aliphatic rings. The summed E-state index contributed by atoms with van der Waals surface area (Å²) in [5, 5.41) is 0. The molecule has 0 radical (unpaired) electrons. The highest BCUT2D eigenvalue weighted by Crippen LogP contribution is 2.24. The summed E-state index contributed by atoms with van der Waals surface area (Å²) in [5.74, 6) is 0. The third kappa shape index (κ3) is 2.19. The molecular weight excluding hydrogens is 134 g/mol. The van der Waals surface area contributed by atoms with Crippen molar-refractivity contribution in [2.75, 3.05) is 6.54 Å². The van der Waals surface area contributed by atoms with Crippen LogP contribution in [0, 0.1) is 0 Å². The zero-order chi connectivity index (χ0) is 8.27. The van der Waals surface area contributed by atoms with Gasteiger partial charge in [0.1, 0.15) is 0 Å². The predicted octanol–water partition coefficient (Wildman–Crippen LogP) is 2.66. The van der Waals surface area contributed by atoms with E-state index in [2.05, 4.69) is 25.7 Å². The summed E-state index contributed by atoms with van der Waals surface area (Å²) < 4.78 is 0. The standard InChI is InChI=1S/C10H21N/c1-4-11(9(2)3)10-7-5-6-8-10/h9-10H,4-8H2,1-3H3. The lowest BCUT2D eigenvalue weighted by molar-refractivity contribution is 0.164. The lowest BCUT2D eigenvalue weighted by Crippen LogP contribution is -2.38. The van der Waals surface area contributed by atoms with Gasteiger partial charge in [0, 0.05) is 12.1 Å². The molecule has 0 heterocycles. The molecule has 66 valence electrons. The Hall–Kier alpha value is -0.0400. The Labute approximate surface area is 70.8 Å². The van der Waals surface area contributed by atoms with Crippen molar-refractivity contribution in [3.63, 3.8) is 0 Å². The van der Waals surface area contributed by atoms with E-state index in [9.17, 15) is 0 Å². The molecular formula is C10H21N. The van der Waals surface area contributed by atoms with Crippen LogP contribution in [0.3, 0.4) is 0 Å². The highest BCUT2D eigenvalue weighted by molar-refractivity contribution is 4.78. The fourth-order valence-corrected chi connectivity index (χ4v) is 2.28. The number of hydrogen-bond acceptors (Lipinski definition) is 1. The van der Waals surface area contributed by atoms with Gasteiger partial charge in [0.25, 0.3) is 0 Å². The first-order valence-corrected chi connectivity index (χ1v) is 5.01. The summed E-state index contributed by atoms with van der Waals surface area (Å²) in [6.45, 7) is 8.12. The SMILES string of the molecule is CCN(C(C)C)C1CCCC1. The second-order valence-electron chi connectivity index (χ2n) is 3.86. The third-order valence-electron chi connectivity index (χ3n) is 2.82. The maximum atomic E-state index is 2.63. The number of hydrogen-bond donors (Lipinski definition) is 0. The van der Waals surface area contributed by atoms with Crippen LogP contribution in [0.1, 0.15) is 46.5 Å². The molecule has 1 saturated carbocycles. The van der Waals surface area contributed by atoms with Crippen LogP contribution < -0.4 is 0 Å². The second kappa shape index (κ2) is 4.10. The van der Waals surface area contributed by atoms with Gasteiger partial charge in [0.05, 0.1) is 0 Å². The average Bonchev–Trinajstić information content (AvgIpc) is 2.40. The largest absolute Gasteiger partial charge is 0.298 e.